The first kappa shape index (κ1) is 22.0. The van der Waals surface area contributed by atoms with Crippen molar-refractivity contribution in [3.05, 3.63) is 54.5 Å². The molecule has 0 spiro atoms. The molecule has 8 nitrogen and oxygen atoms in total. The summed E-state index contributed by atoms with van der Waals surface area (Å²) in [6, 6.07) is 11.7. The first-order chi connectivity index (χ1) is 13.6. The Hall–Kier alpha value is -3.34. The predicted molar refractivity (Wildman–Crippen MR) is 99.1 cm³/mol. The van der Waals surface area contributed by atoms with E-state index in [1.54, 1.807) is 16.9 Å². The van der Waals surface area contributed by atoms with Crippen LogP contribution in [0.15, 0.2) is 48.8 Å². The Balaban J connectivity index is 0.000000370. The molecular weight excluding hydrogens is 391 g/mol. The number of pyridine rings is 1. The minimum absolute atomic E-state index is 0.151. The van der Waals surface area contributed by atoms with Crippen LogP contribution in [0.3, 0.4) is 0 Å². The fourth-order valence-electron chi connectivity index (χ4n) is 2.28. The van der Waals surface area contributed by atoms with Gasteiger partial charge in [0.05, 0.1) is 0 Å². The monoisotopic (exact) mass is 411 g/mol. The first-order valence-corrected chi connectivity index (χ1v) is 8.45. The Bertz CT molecular complexity index is 978. The number of carbonyl (C=O) groups excluding carboxylic acids is 1. The number of alkyl halides is 3. The fourth-order valence-corrected chi connectivity index (χ4v) is 2.28. The largest absolute Gasteiger partial charge is 0.490 e. The van der Waals surface area contributed by atoms with E-state index in [-0.39, 0.29) is 5.91 Å². The summed E-state index contributed by atoms with van der Waals surface area (Å²) in [6.07, 6.45) is -1.31. The van der Waals surface area contributed by atoms with Crippen LogP contribution in [-0.2, 0) is 4.79 Å². The zero-order chi connectivity index (χ0) is 21.6. The molecule has 0 fully saturated rings. The SMILES string of the molecule is CN(C)CCNC(=O)c1ccn(-c2ccc3ccccn23)n1.O=C(O)C(F)(F)F. The van der Waals surface area contributed by atoms with Gasteiger partial charge in [-0.3, -0.25) is 4.79 Å². The van der Waals surface area contributed by atoms with Gasteiger partial charge >= 0.3 is 12.1 Å². The molecule has 0 atom stereocenters. The quantitative estimate of drug-likeness (QED) is 0.671. The number of carboxylic acids is 1. The van der Waals surface area contributed by atoms with Crippen LogP contribution >= 0.6 is 0 Å². The molecule has 29 heavy (non-hydrogen) atoms. The van der Waals surface area contributed by atoms with E-state index in [1.165, 1.54) is 0 Å². The number of aliphatic carboxylic acids is 1. The van der Waals surface area contributed by atoms with Crippen molar-refractivity contribution >= 4 is 17.4 Å². The molecule has 0 saturated heterocycles. The van der Waals surface area contributed by atoms with Crippen molar-refractivity contribution in [3.63, 3.8) is 0 Å². The van der Waals surface area contributed by atoms with Crippen molar-refractivity contribution in [1.29, 1.82) is 0 Å². The molecule has 2 N–H and O–H groups in total. The lowest BCUT2D eigenvalue weighted by Crippen LogP contribution is -2.31. The van der Waals surface area contributed by atoms with E-state index in [1.807, 2.05) is 59.9 Å². The van der Waals surface area contributed by atoms with Gasteiger partial charge in [0, 0.05) is 31.0 Å². The average Bonchev–Trinajstić information content (AvgIpc) is 3.28. The Morgan fingerprint density at radius 1 is 1.14 bits per heavy atom. The normalized spacial score (nSPS) is 11.2. The zero-order valence-corrected chi connectivity index (χ0v) is 15.7. The number of halogens is 3. The van der Waals surface area contributed by atoms with Crippen molar-refractivity contribution < 1.29 is 27.9 Å². The van der Waals surface area contributed by atoms with Crippen molar-refractivity contribution in [2.75, 3.05) is 27.2 Å². The summed E-state index contributed by atoms with van der Waals surface area (Å²) in [5.74, 6) is -2.00. The van der Waals surface area contributed by atoms with Crippen LogP contribution in [0.25, 0.3) is 11.3 Å². The smallest absolute Gasteiger partial charge is 0.475 e. The lowest BCUT2D eigenvalue weighted by Gasteiger charge is -2.09. The van der Waals surface area contributed by atoms with Crippen LogP contribution in [0.1, 0.15) is 10.5 Å². The predicted octanol–water partition coefficient (Wildman–Crippen LogP) is 2.05. The molecular formula is C18H20F3N5O3. The lowest BCUT2D eigenvalue weighted by molar-refractivity contribution is -0.192. The van der Waals surface area contributed by atoms with E-state index < -0.39 is 12.1 Å². The van der Waals surface area contributed by atoms with E-state index in [2.05, 4.69) is 10.4 Å². The second-order valence-electron chi connectivity index (χ2n) is 6.19. The number of carbonyl (C=O) groups is 2. The maximum Gasteiger partial charge on any atom is 0.490 e. The third-order valence-electron chi connectivity index (χ3n) is 3.68. The third kappa shape index (κ3) is 6.07. The molecule has 0 aliphatic heterocycles. The highest BCUT2D eigenvalue weighted by Gasteiger charge is 2.38. The lowest BCUT2D eigenvalue weighted by atomic mass is 10.4. The molecule has 3 aromatic rings. The Labute approximate surface area is 164 Å². The molecule has 1 amide bonds. The number of hydrogen-bond acceptors (Lipinski definition) is 4. The van der Waals surface area contributed by atoms with E-state index in [0.717, 1.165) is 17.9 Å². The summed E-state index contributed by atoms with van der Waals surface area (Å²) in [7, 11) is 3.94. The molecule has 11 heteroatoms. The zero-order valence-electron chi connectivity index (χ0n) is 15.7. The summed E-state index contributed by atoms with van der Waals surface area (Å²) in [4.78, 5) is 23.0. The Kier molecular flexibility index (Phi) is 6.99. The third-order valence-corrected chi connectivity index (χ3v) is 3.68. The van der Waals surface area contributed by atoms with Crippen LogP contribution in [0.5, 0.6) is 0 Å². The van der Waals surface area contributed by atoms with Crippen LogP contribution < -0.4 is 5.32 Å². The van der Waals surface area contributed by atoms with Crippen LogP contribution in [-0.4, -0.2) is 69.4 Å². The van der Waals surface area contributed by atoms with Gasteiger partial charge in [0.15, 0.2) is 5.69 Å². The minimum atomic E-state index is -5.08. The molecule has 0 radical (unpaired) electrons. The highest BCUT2D eigenvalue weighted by Crippen LogP contribution is 2.14. The van der Waals surface area contributed by atoms with E-state index in [4.69, 9.17) is 9.90 Å². The molecule has 0 bridgehead atoms. The van der Waals surface area contributed by atoms with Crippen LogP contribution in [0.2, 0.25) is 0 Å². The maximum absolute atomic E-state index is 12.1. The van der Waals surface area contributed by atoms with E-state index in [0.29, 0.717) is 12.2 Å². The van der Waals surface area contributed by atoms with Gasteiger partial charge in [-0.25, -0.2) is 9.48 Å². The van der Waals surface area contributed by atoms with Gasteiger partial charge in [-0.2, -0.15) is 18.3 Å². The van der Waals surface area contributed by atoms with Gasteiger partial charge in [-0.05, 0) is 44.4 Å². The number of likely N-dealkylation sites (N-methyl/N-ethyl adjacent to an activating group) is 1. The standard InChI is InChI=1S/C16H19N5O.C2HF3O2/c1-19(2)12-9-17-16(22)14-8-11-21(18-14)15-7-6-13-5-3-4-10-20(13)15;3-2(4,5)1(6)7/h3-8,10-11H,9,12H2,1-2H3,(H,17,22);(H,6,7). The summed E-state index contributed by atoms with van der Waals surface area (Å²) in [5.41, 5.74) is 1.51. The molecule has 0 unspecified atom stereocenters. The number of nitrogens with one attached hydrogen (secondary N) is 1. The number of fused-ring (bicyclic) bond motifs is 1. The number of aromatic nitrogens is 3. The highest BCUT2D eigenvalue weighted by molar-refractivity contribution is 5.92. The van der Waals surface area contributed by atoms with Gasteiger partial charge < -0.3 is 19.7 Å². The topological polar surface area (TPSA) is 91.9 Å². The second-order valence-corrected chi connectivity index (χ2v) is 6.19. The molecule has 3 rings (SSSR count). The summed E-state index contributed by atoms with van der Waals surface area (Å²) in [6.45, 7) is 1.41. The molecule has 0 saturated carbocycles. The highest BCUT2D eigenvalue weighted by atomic mass is 19.4. The number of hydrogen-bond donors (Lipinski definition) is 2. The molecule has 3 heterocycles. The van der Waals surface area contributed by atoms with Crippen LogP contribution in [0.4, 0.5) is 13.2 Å². The first-order valence-electron chi connectivity index (χ1n) is 8.45. The Morgan fingerprint density at radius 2 is 1.83 bits per heavy atom. The minimum Gasteiger partial charge on any atom is -0.475 e. The fraction of sp³-hybridized carbons (Fsp3) is 0.278. The van der Waals surface area contributed by atoms with Gasteiger partial charge in [-0.1, -0.05) is 6.07 Å². The van der Waals surface area contributed by atoms with Gasteiger partial charge in [0.2, 0.25) is 0 Å². The molecule has 0 aliphatic rings. The molecule has 0 aromatic carbocycles. The summed E-state index contributed by atoms with van der Waals surface area (Å²) in [5, 5.41) is 14.4. The van der Waals surface area contributed by atoms with Crippen LogP contribution in [0, 0.1) is 0 Å². The van der Waals surface area contributed by atoms with Crippen molar-refractivity contribution in [3.8, 4) is 5.82 Å². The number of nitrogens with zero attached hydrogens (tertiary/aromatic N) is 4. The van der Waals surface area contributed by atoms with E-state index >= 15 is 0 Å². The summed E-state index contributed by atoms with van der Waals surface area (Å²) >= 11 is 0. The van der Waals surface area contributed by atoms with Crippen molar-refractivity contribution in [2.24, 2.45) is 0 Å². The van der Waals surface area contributed by atoms with Crippen molar-refractivity contribution in [2.45, 2.75) is 6.18 Å². The molecule has 156 valence electrons. The van der Waals surface area contributed by atoms with Gasteiger partial charge in [0.25, 0.3) is 5.91 Å². The molecule has 0 aliphatic carbocycles. The van der Waals surface area contributed by atoms with E-state index in [9.17, 15) is 18.0 Å². The second kappa shape index (κ2) is 9.24. The van der Waals surface area contributed by atoms with Crippen molar-refractivity contribution in [1.82, 2.24) is 24.4 Å². The summed E-state index contributed by atoms with van der Waals surface area (Å²) < 4.78 is 35.5. The number of amides is 1. The van der Waals surface area contributed by atoms with Gasteiger partial charge in [-0.15, -0.1) is 0 Å². The number of rotatable bonds is 5. The van der Waals surface area contributed by atoms with Gasteiger partial charge in [0.1, 0.15) is 5.82 Å². The maximum atomic E-state index is 12.1. The Morgan fingerprint density at radius 3 is 2.45 bits per heavy atom. The molecule has 3 aromatic heterocycles. The number of carboxylic acid groups (broad SMARTS) is 1. The average molecular weight is 411 g/mol.